The standard InChI is InChI=1S/C19H20N2O4S/c1-12-7-9-14(26(2,24)25)11-17(12)21-19(23)18(22)20-16-10-8-13-5-3-4-6-15(13)16/h3-7,9,11,16H,8,10H2,1-2H3,(H,20,22)(H,21,23). The monoisotopic (exact) mass is 372 g/mol. The molecule has 7 heteroatoms. The summed E-state index contributed by atoms with van der Waals surface area (Å²) in [4.78, 5) is 24.6. The number of fused-ring (bicyclic) bond motifs is 1. The van der Waals surface area contributed by atoms with Crippen LogP contribution in [-0.4, -0.2) is 26.5 Å². The van der Waals surface area contributed by atoms with Crippen molar-refractivity contribution >= 4 is 27.3 Å². The largest absolute Gasteiger partial charge is 0.341 e. The van der Waals surface area contributed by atoms with E-state index in [-0.39, 0.29) is 10.9 Å². The van der Waals surface area contributed by atoms with Gasteiger partial charge in [-0.05, 0) is 48.6 Å². The first kappa shape index (κ1) is 18.1. The Labute approximate surface area is 152 Å². The molecule has 0 aromatic heterocycles. The highest BCUT2D eigenvalue weighted by atomic mass is 32.2. The van der Waals surface area contributed by atoms with Gasteiger partial charge >= 0.3 is 11.8 Å². The second-order valence-corrected chi connectivity index (χ2v) is 8.48. The van der Waals surface area contributed by atoms with Crippen LogP contribution in [0.3, 0.4) is 0 Å². The third-order valence-electron chi connectivity index (χ3n) is 4.53. The molecule has 0 fully saturated rings. The molecule has 0 bridgehead atoms. The smallest absolute Gasteiger partial charge is 0.313 e. The summed E-state index contributed by atoms with van der Waals surface area (Å²) in [7, 11) is -3.40. The molecule has 26 heavy (non-hydrogen) atoms. The third kappa shape index (κ3) is 3.77. The zero-order valence-corrected chi connectivity index (χ0v) is 15.4. The summed E-state index contributed by atoms with van der Waals surface area (Å²) in [5, 5.41) is 5.26. The van der Waals surface area contributed by atoms with Crippen LogP contribution in [0.15, 0.2) is 47.4 Å². The molecule has 136 valence electrons. The van der Waals surface area contributed by atoms with Gasteiger partial charge in [0.25, 0.3) is 0 Å². The number of benzene rings is 2. The molecular weight excluding hydrogens is 352 g/mol. The van der Waals surface area contributed by atoms with Crippen molar-refractivity contribution in [2.24, 2.45) is 0 Å². The number of amides is 2. The fraction of sp³-hybridized carbons (Fsp3) is 0.263. The first-order chi connectivity index (χ1) is 12.3. The van der Waals surface area contributed by atoms with E-state index in [0.717, 1.165) is 24.7 Å². The highest BCUT2D eigenvalue weighted by Gasteiger charge is 2.26. The van der Waals surface area contributed by atoms with E-state index in [4.69, 9.17) is 0 Å². The summed E-state index contributed by atoms with van der Waals surface area (Å²) < 4.78 is 23.3. The topological polar surface area (TPSA) is 92.3 Å². The second-order valence-electron chi connectivity index (χ2n) is 6.47. The molecule has 2 N–H and O–H groups in total. The van der Waals surface area contributed by atoms with Crippen molar-refractivity contribution in [3.8, 4) is 0 Å². The molecule has 2 aromatic rings. The van der Waals surface area contributed by atoms with Crippen molar-refractivity contribution in [1.82, 2.24) is 5.32 Å². The maximum Gasteiger partial charge on any atom is 0.313 e. The van der Waals surface area contributed by atoms with Crippen LogP contribution in [0.25, 0.3) is 0 Å². The predicted octanol–water partition coefficient (Wildman–Crippen LogP) is 2.14. The second kappa shape index (κ2) is 6.92. The number of anilines is 1. The molecule has 1 aliphatic rings. The van der Waals surface area contributed by atoms with Crippen molar-refractivity contribution in [3.63, 3.8) is 0 Å². The molecule has 6 nitrogen and oxygen atoms in total. The van der Waals surface area contributed by atoms with Crippen molar-refractivity contribution in [3.05, 3.63) is 59.2 Å². The number of carbonyl (C=O) groups is 2. The number of rotatable bonds is 3. The molecule has 3 rings (SSSR count). The molecule has 0 saturated heterocycles. The zero-order chi connectivity index (χ0) is 18.9. The summed E-state index contributed by atoms with van der Waals surface area (Å²) in [6.45, 7) is 1.73. The van der Waals surface area contributed by atoms with Gasteiger partial charge in [0.05, 0.1) is 10.9 Å². The Balaban J connectivity index is 1.72. The molecular formula is C19H20N2O4S. The number of sulfone groups is 1. The van der Waals surface area contributed by atoms with Crippen LogP contribution >= 0.6 is 0 Å². The molecule has 2 aromatic carbocycles. The van der Waals surface area contributed by atoms with Gasteiger partial charge in [0.15, 0.2) is 9.84 Å². The van der Waals surface area contributed by atoms with Gasteiger partial charge in [-0.1, -0.05) is 30.3 Å². The van der Waals surface area contributed by atoms with Crippen LogP contribution in [0.2, 0.25) is 0 Å². The Kier molecular flexibility index (Phi) is 4.82. The van der Waals surface area contributed by atoms with Crippen LogP contribution in [0.4, 0.5) is 5.69 Å². The van der Waals surface area contributed by atoms with Gasteiger partial charge in [0.1, 0.15) is 0 Å². The van der Waals surface area contributed by atoms with E-state index < -0.39 is 21.7 Å². The third-order valence-corrected chi connectivity index (χ3v) is 5.64. The van der Waals surface area contributed by atoms with Crippen LogP contribution in [0.1, 0.15) is 29.2 Å². The van der Waals surface area contributed by atoms with Crippen molar-refractivity contribution in [2.75, 3.05) is 11.6 Å². The Morgan fingerprint density at radius 2 is 1.81 bits per heavy atom. The lowest BCUT2D eigenvalue weighted by Crippen LogP contribution is -2.37. The van der Waals surface area contributed by atoms with Gasteiger partial charge in [-0.15, -0.1) is 0 Å². The van der Waals surface area contributed by atoms with Crippen molar-refractivity contribution in [2.45, 2.75) is 30.7 Å². The quantitative estimate of drug-likeness (QED) is 0.808. The van der Waals surface area contributed by atoms with Gasteiger partial charge in [-0.2, -0.15) is 0 Å². The van der Waals surface area contributed by atoms with Crippen molar-refractivity contribution < 1.29 is 18.0 Å². The van der Waals surface area contributed by atoms with E-state index in [9.17, 15) is 18.0 Å². The lowest BCUT2D eigenvalue weighted by molar-refractivity contribution is -0.136. The molecule has 0 heterocycles. The molecule has 1 atom stereocenters. The average Bonchev–Trinajstić information content (AvgIpc) is 2.99. The highest BCUT2D eigenvalue weighted by molar-refractivity contribution is 7.90. The summed E-state index contributed by atoms with van der Waals surface area (Å²) in [6.07, 6.45) is 2.70. The van der Waals surface area contributed by atoms with E-state index in [1.165, 1.54) is 17.7 Å². The maximum atomic E-state index is 12.3. The summed E-state index contributed by atoms with van der Waals surface area (Å²) in [6, 6.07) is 12.1. The molecule has 0 radical (unpaired) electrons. The number of aryl methyl sites for hydroxylation is 2. The number of hydrogen-bond acceptors (Lipinski definition) is 4. The minimum atomic E-state index is -3.40. The first-order valence-electron chi connectivity index (χ1n) is 8.26. The van der Waals surface area contributed by atoms with E-state index >= 15 is 0 Å². The van der Waals surface area contributed by atoms with E-state index in [1.54, 1.807) is 13.0 Å². The Morgan fingerprint density at radius 3 is 2.54 bits per heavy atom. The maximum absolute atomic E-state index is 12.3. The molecule has 2 amide bonds. The molecule has 0 saturated carbocycles. The normalized spacial score (nSPS) is 16.0. The average molecular weight is 372 g/mol. The lowest BCUT2D eigenvalue weighted by atomic mass is 10.1. The minimum absolute atomic E-state index is 0.0866. The SMILES string of the molecule is Cc1ccc(S(C)(=O)=O)cc1NC(=O)C(=O)NC1CCc2ccccc21. The van der Waals surface area contributed by atoms with Gasteiger partial charge in [-0.3, -0.25) is 9.59 Å². The molecule has 0 spiro atoms. The van der Waals surface area contributed by atoms with Crippen LogP contribution in [0.5, 0.6) is 0 Å². The molecule has 0 aliphatic heterocycles. The molecule has 1 aliphatic carbocycles. The summed E-state index contributed by atoms with van der Waals surface area (Å²) >= 11 is 0. The van der Waals surface area contributed by atoms with Gasteiger partial charge in [0, 0.05) is 11.9 Å². The summed E-state index contributed by atoms with van der Waals surface area (Å²) in [5.41, 5.74) is 3.18. The lowest BCUT2D eigenvalue weighted by Gasteiger charge is -2.15. The fourth-order valence-electron chi connectivity index (χ4n) is 3.08. The minimum Gasteiger partial charge on any atom is -0.341 e. The number of carbonyl (C=O) groups excluding carboxylic acids is 2. The fourth-order valence-corrected chi connectivity index (χ4v) is 3.72. The molecule has 1 unspecified atom stereocenters. The van der Waals surface area contributed by atoms with E-state index in [1.807, 2.05) is 24.3 Å². The zero-order valence-electron chi connectivity index (χ0n) is 14.6. The Morgan fingerprint density at radius 1 is 1.08 bits per heavy atom. The van der Waals surface area contributed by atoms with E-state index in [2.05, 4.69) is 10.6 Å². The highest BCUT2D eigenvalue weighted by Crippen LogP contribution is 2.30. The Bertz CT molecular complexity index is 983. The van der Waals surface area contributed by atoms with Crippen LogP contribution < -0.4 is 10.6 Å². The Hall–Kier alpha value is -2.67. The van der Waals surface area contributed by atoms with Gasteiger partial charge in [0.2, 0.25) is 0 Å². The summed E-state index contributed by atoms with van der Waals surface area (Å²) in [5.74, 6) is -1.56. The number of nitrogens with one attached hydrogen (secondary N) is 2. The van der Waals surface area contributed by atoms with Crippen LogP contribution in [-0.2, 0) is 25.8 Å². The van der Waals surface area contributed by atoms with Gasteiger partial charge in [-0.25, -0.2) is 8.42 Å². The van der Waals surface area contributed by atoms with Crippen LogP contribution in [0, 0.1) is 6.92 Å². The first-order valence-corrected chi connectivity index (χ1v) is 10.1. The predicted molar refractivity (Wildman–Crippen MR) is 98.6 cm³/mol. The van der Waals surface area contributed by atoms with E-state index in [0.29, 0.717) is 11.3 Å². The van der Waals surface area contributed by atoms with Gasteiger partial charge < -0.3 is 10.6 Å². The van der Waals surface area contributed by atoms with Crippen molar-refractivity contribution in [1.29, 1.82) is 0 Å². The number of hydrogen-bond donors (Lipinski definition) is 2.